The van der Waals surface area contributed by atoms with Gasteiger partial charge in [-0.25, -0.2) is 4.98 Å². The third-order valence-electron chi connectivity index (χ3n) is 8.55. The van der Waals surface area contributed by atoms with E-state index in [0.29, 0.717) is 28.7 Å². The van der Waals surface area contributed by atoms with Gasteiger partial charge < -0.3 is 24.7 Å². The molecule has 1 aliphatic heterocycles. The van der Waals surface area contributed by atoms with Gasteiger partial charge in [0.15, 0.2) is 11.6 Å². The van der Waals surface area contributed by atoms with Crippen molar-refractivity contribution in [2.24, 2.45) is 5.41 Å². The van der Waals surface area contributed by atoms with Crippen molar-refractivity contribution in [1.82, 2.24) is 34.6 Å². The molecule has 0 spiro atoms. The number of H-pyrrole nitrogens is 1. The second-order valence-electron chi connectivity index (χ2n) is 11.8. The molecule has 0 unspecified atom stereocenters. The van der Waals surface area contributed by atoms with Crippen LogP contribution in [0.5, 0.6) is 0 Å². The van der Waals surface area contributed by atoms with Crippen molar-refractivity contribution in [2.75, 3.05) is 37.4 Å². The highest BCUT2D eigenvalue weighted by Gasteiger charge is 2.30. The number of nitrogens with zero attached hydrogens (tertiary/aromatic N) is 7. The molecular weight excluding hydrogens is 478 g/mol. The molecule has 0 radical (unpaired) electrons. The highest BCUT2D eigenvalue weighted by atomic mass is 16.1. The number of hydrogen-bond donors (Lipinski definition) is 2. The summed E-state index contributed by atoms with van der Waals surface area (Å²) in [6.07, 6.45) is 10.0. The summed E-state index contributed by atoms with van der Waals surface area (Å²) in [5.74, 6) is 1.93. The first-order chi connectivity index (χ1) is 18.3. The molecule has 2 aliphatic rings. The van der Waals surface area contributed by atoms with E-state index in [1.165, 1.54) is 0 Å². The third kappa shape index (κ3) is 4.62. The van der Waals surface area contributed by atoms with Crippen LogP contribution in [0.4, 0.5) is 17.6 Å². The second-order valence-corrected chi connectivity index (χ2v) is 11.8. The lowest BCUT2D eigenvalue weighted by atomic mass is 9.75. The van der Waals surface area contributed by atoms with Gasteiger partial charge in [0.2, 0.25) is 5.95 Å². The van der Waals surface area contributed by atoms with Crippen LogP contribution < -0.4 is 15.8 Å². The SMILES string of the molecule is CN(C)C1CCN(c2ccc(Nc3ncc4c5cc[nH]c(=O)c5n(C5CCC(C)(C)CC5)c4n3)nn2)CC1. The molecule has 4 aromatic heterocycles. The zero-order valence-corrected chi connectivity index (χ0v) is 22.7. The van der Waals surface area contributed by atoms with Gasteiger partial charge in [0.1, 0.15) is 11.2 Å². The smallest absolute Gasteiger partial charge is 0.272 e. The van der Waals surface area contributed by atoms with E-state index >= 15 is 0 Å². The quantitative estimate of drug-likeness (QED) is 0.401. The third-order valence-corrected chi connectivity index (χ3v) is 8.55. The van der Waals surface area contributed by atoms with Gasteiger partial charge in [-0.3, -0.25) is 4.79 Å². The number of piperidine rings is 1. The van der Waals surface area contributed by atoms with Gasteiger partial charge in [0.05, 0.1) is 0 Å². The summed E-state index contributed by atoms with van der Waals surface area (Å²) >= 11 is 0. The largest absolute Gasteiger partial charge is 0.355 e. The Balaban J connectivity index is 1.28. The van der Waals surface area contributed by atoms with E-state index in [4.69, 9.17) is 4.98 Å². The summed E-state index contributed by atoms with van der Waals surface area (Å²) in [5, 5.41) is 13.9. The van der Waals surface area contributed by atoms with Crippen LogP contribution in [-0.2, 0) is 0 Å². The minimum atomic E-state index is -0.0871. The molecule has 0 amide bonds. The Bertz CT molecular complexity index is 1490. The molecule has 2 N–H and O–H groups in total. The fourth-order valence-electron chi connectivity index (χ4n) is 6.12. The molecule has 0 aromatic carbocycles. The maximum absolute atomic E-state index is 13.0. The number of nitrogens with one attached hydrogen (secondary N) is 2. The van der Waals surface area contributed by atoms with E-state index < -0.39 is 0 Å². The molecule has 2 fully saturated rings. The van der Waals surface area contributed by atoms with Gasteiger partial charge in [-0.15, -0.1) is 10.2 Å². The minimum absolute atomic E-state index is 0.0871. The van der Waals surface area contributed by atoms with E-state index in [9.17, 15) is 4.79 Å². The van der Waals surface area contributed by atoms with Crippen LogP contribution in [0, 0.1) is 5.41 Å². The Hall–Kier alpha value is -3.53. The summed E-state index contributed by atoms with van der Waals surface area (Å²) < 4.78 is 2.15. The number of hydrogen-bond acceptors (Lipinski definition) is 8. The number of pyridine rings is 1. The van der Waals surface area contributed by atoms with Crippen molar-refractivity contribution in [3.8, 4) is 0 Å². The molecule has 6 rings (SSSR count). The van der Waals surface area contributed by atoms with E-state index in [1.54, 1.807) is 6.20 Å². The molecule has 0 atom stereocenters. The highest BCUT2D eigenvalue weighted by Crippen LogP contribution is 2.42. The fourth-order valence-corrected chi connectivity index (χ4v) is 6.12. The average Bonchev–Trinajstić information content (AvgIpc) is 3.24. The van der Waals surface area contributed by atoms with Crippen molar-refractivity contribution < 1.29 is 0 Å². The lowest BCUT2D eigenvalue weighted by Gasteiger charge is -2.35. The van der Waals surface area contributed by atoms with E-state index in [1.807, 2.05) is 24.4 Å². The Labute approximate surface area is 222 Å². The van der Waals surface area contributed by atoms with Crippen LogP contribution in [0.25, 0.3) is 21.9 Å². The van der Waals surface area contributed by atoms with Crippen molar-refractivity contribution in [3.05, 3.63) is 40.9 Å². The van der Waals surface area contributed by atoms with Gasteiger partial charge in [-0.1, -0.05) is 13.8 Å². The summed E-state index contributed by atoms with van der Waals surface area (Å²) in [6.45, 7) is 6.60. The minimum Gasteiger partial charge on any atom is -0.355 e. The summed E-state index contributed by atoms with van der Waals surface area (Å²) in [6, 6.07) is 6.73. The lowest BCUT2D eigenvalue weighted by molar-refractivity contribution is 0.198. The molecule has 38 heavy (non-hydrogen) atoms. The predicted molar refractivity (Wildman–Crippen MR) is 151 cm³/mol. The highest BCUT2D eigenvalue weighted by molar-refractivity contribution is 6.06. The Morgan fingerprint density at radius 1 is 1.03 bits per heavy atom. The lowest BCUT2D eigenvalue weighted by Crippen LogP contribution is -2.42. The van der Waals surface area contributed by atoms with Crippen molar-refractivity contribution in [1.29, 1.82) is 0 Å². The van der Waals surface area contributed by atoms with Crippen molar-refractivity contribution >= 4 is 39.5 Å². The van der Waals surface area contributed by atoms with Crippen LogP contribution in [-0.4, -0.2) is 67.8 Å². The molecule has 4 aromatic rings. The molecule has 1 saturated carbocycles. The summed E-state index contributed by atoms with van der Waals surface area (Å²) in [7, 11) is 4.29. The molecule has 0 bridgehead atoms. The van der Waals surface area contributed by atoms with Crippen LogP contribution in [0.15, 0.2) is 35.4 Å². The first-order valence-corrected chi connectivity index (χ1v) is 13.7. The second kappa shape index (κ2) is 9.65. The first kappa shape index (κ1) is 24.8. The number of aromatic amines is 1. The summed E-state index contributed by atoms with van der Waals surface area (Å²) in [4.78, 5) is 29.9. The zero-order valence-electron chi connectivity index (χ0n) is 22.7. The molecule has 10 nitrogen and oxygen atoms in total. The van der Waals surface area contributed by atoms with Gasteiger partial charge in [-0.2, -0.15) is 4.98 Å². The van der Waals surface area contributed by atoms with E-state index in [0.717, 1.165) is 73.9 Å². The molecule has 10 heteroatoms. The molecule has 5 heterocycles. The topological polar surface area (TPSA) is 108 Å². The molecule has 1 aliphatic carbocycles. The van der Waals surface area contributed by atoms with E-state index in [-0.39, 0.29) is 11.6 Å². The number of fused-ring (bicyclic) bond motifs is 3. The Kier molecular flexibility index (Phi) is 6.29. The monoisotopic (exact) mass is 515 g/mol. The normalized spacial score (nSPS) is 19.0. The molecule has 1 saturated heterocycles. The fraction of sp³-hybridized carbons (Fsp3) is 0.536. The zero-order chi connectivity index (χ0) is 26.4. The van der Waals surface area contributed by atoms with Crippen LogP contribution in [0.1, 0.15) is 58.4 Å². The van der Waals surface area contributed by atoms with E-state index in [2.05, 4.69) is 67.8 Å². The van der Waals surface area contributed by atoms with Crippen molar-refractivity contribution in [3.63, 3.8) is 0 Å². The average molecular weight is 516 g/mol. The van der Waals surface area contributed by atoms with Crippen LogP contribution >= 0.6 is 0 Å². The summed E-state index contributed by atoms with van der Waals surface area (Å²) in [5.41, 5.74) is 1.71. The maximum atomic E-state index is 13.0. The molecular formula is C28H37N9O. The van der Waals surface area contributed by atoms with Gasteiger partial charge in [0, 0.05) is 48.3 Å². The number of anilines is 3. The first-order valence-electron chi connectivity index (χ1n) is 13.7. The number of rotatable bonds is 5. The maximum Gasteiger partial charge on any atom is 0.272 e. The Morgan fingerprint density at radius 2 is 1.79 bits per heavy atom. The van der Waals surface area contributed by atoms with Gasteiger partial charge in [0.25, 0.3) is 5.56 Å². The van der Waals surface area contributed by atoms with Crippen molar-refractivity contribution in [2.45, 2.75) is 64.5 Å². The number of aromatic nitrogens is 6. The Morgan fingerprint density at radius 3 is 2.47 bits per heavy atom. The van der Waals surface area contributed by atoms with Crippen LogP contribution in [0.3, 0.4) is 0 Å². The predicted octanol–water partition coefficient (Wildman–Crippen LogP) is 4.48. The molecule has 200 valence electrons. The van der Waals surface area contributed by atoms with Gasteiger partial charge >= 0.3 is 0 Å². The van der Waals surface area contributed by atoms with Crippen LogP contribution in [0.2, 0.25) is 0 Å². The standard InChI is InChI=1S/C28H37N9O/c1-28(2)12-7-19(8-13-28)37-24-20(9-14-29-26(24)38)21-17-30-27(32-25(21)37)31-22-5-6-23(34-33-22)36-15-10-18(11-16-36)35(3)4/h5-6,9,14,17-19H,7-8,10-13,15-16H2,1-4H3,(H,29,38)(H,30,31,32,33). The van der Waals surface area contributed by atoms with Gasteiger partial charge in [-0.05, 0) is 76.2 Å².